The van der Waals surface area contributed by atoms with E-state index in [9.17, 15) is 4.79 Å². The monoisotopic (exact) mass is 524 g/mol. The third-order valence-corrected chi connectivity index (χ3v) is 4.08. The number of rotatable bonds is 7. The molecule has 6 nitrogen and oxygen atoms in total. The molecule has 0 aliphatic carbocycles. The van der Waals surface area contributed by atoms with Crippen molar-refractivity contribution in [2.75, 3.05) is 13.7 Å². The van der Waals surface area contributed by atoms with Gasteiger partial charge in [-0.1, -0.05) is 30.3 Å². The van der Waals surface area contributed by atoms with Crippen LogP contribution in [-0.2, 0) is 13.1 Å². The lowest BCUT2D eigenvalue weighted by Gasteiger charge is -2.20. The first-order valence-electron chi connectivity index (χ1n) is 9.88. The Morgan fingerprint density at radius 1 is 1.07 bits per heavy atom. The molecular weight excluding hydrogens is 491 g/mol. The number of nitrogens with one attached hydrogen (secondary N) is 3. The largest absolute Gasteiger partial charge is 0.496 e. The molecule has 0 spiro atoms. The fourth-order valence-corrected chi connectivity index (χ4v) is 2.76. The standard InChI is InChI=1S/C23H32N4O2.HI/c1-6-24-22(26-16-19-11-7-8-13-20(19)29-5)25-15-17-10-9-12-18(14-17)21(28)27-23(2,3)4;/h7-14H,6,15-16H2,1-5H3,(H,27,28)(H2,24,25,26);1H. The number of carbonyl (C=O) groups is 1. The molecule has 2 aromatic rings. The minimum absolute atomic E-state index is 0. The van der Waals surface area contributed by atoms with Crippen LogP contribution in [0.4, 0.5) is 0 Å². The van der Waals surface area contributed by atoms with Crippen molar-refractivity contribution in [3.05, 3.63) is 65.2 Å². The number of guanidine groups is 1. The van der Waals surface area contributed by atoms with Crippen LogP contribution in [-0.4, -0.2) is 31.1 Å². The quantitative estimate of drug-likeness (QED) is 0.290. The van der Waals surface area contributed by atoms with E-state index in [0.717, 1.165) is 23.4 Å². The van der Waals surface area contributed by atoms with E-state index in [0.29, 0.717) is 24.6 Å². The number of para-hydroxylation sites is 1. The lowest BCUT2D eigenvalue weighted by atomic mass is 10.1. The van der Waals surface area contributed by atoms with Crippen LogP contribution in [0.3, 0.4) is 0 Å². The van der Waals surface area contributed by atoms with Crippen molar-refractivity contribution in [2.24, 2.45) is 4.99 Å². The van der Waals surface area contributed by atoms with Crippen molar-refractivity contribution < 1.29 is 9.53 Å². The number of ether oxygens (including phenoxy) is 1. The fraction of sp³-hybridized carbons (Fsp3) is 0.391. The maximum atomic E-state index is 12.4. The zero-order valence-electron chi connectivity index (χ0n) is 18.4. The molecule has 7 heteroatoms. The molecule has 0 bridgehead atoms. The van der Waals surface area contributed by atoms with Gasteiger partial charge < -0.3 is 20.7 Å². The summed E-state index contributed by atoms with van der Waals surface area (Å²) >= 11 is 0. The SMILES string of the molecule is CCNC(=NCc1cccc(C(=O)NC(C)(C)C)c1)NCc1ccccc1OC.I. The van der Waals surface area contributed by atoms with Crippen LogP contribution in [0.15, 0.2) is 53.5 Å². The molecule has 0 fully saturated rings. The molecule has 2 rings (SSSR count). The highest BCUT2D eigenvalue weighted by molar-refractivity contribution is 14.0. The Morgan fingerprint density at radius 3 is 2.47 bits per heavy atom. The first-order chi connectivity index (χ1) is 13.8. The maximum absolute atomic E-state index is 12.4. The molecule has 0 atom stereocenters. The first-order valence-corrected chi connectivity index (χ1v) is 9.88. The van der Waals surface area contributed by atoms with E-state index in [1.807, 2.05) is 76.2 Å². The van der Waals surface area contributed by atoms with E-state index < -0.39 is 0 Å². The zero-order valence-corrected chi connectivity index (χ0v) is 20.7. The number of methoxy groups -OCH3 is 1. The van der Waals surface area contributed by atoms with Crippen molar-refractivity contribution in [3.63, 3.8) is 0 Å². The van der Waals surface area contributed by atoms with Crippen molar-refractivity contribution in [2.45, 2.75) is 46.3 Å². The van der Waals surface area contributed by atoms with Crippen LogP contribution in [0, 0.1) is 0 Å². The third kappa shape index (κ3) is 8.61. The predicted octanol–water partition coefficient (Wildman–Crippen LogP) is 4.10. The van der Waals surface area contributed by atoms with Gasteiger partial charge >= 0.3 is 0 Å². The molecule has 0 aliphatic heterocycles. The smallest absolute Gasteiger partial charge is 0.251 e. The van der Waals surface area contributed by atoms with Crippen LogP contribution in [0.1, 0.15) is 49.2 Å². The van der Waals surface area contributed by atoms with Crippen LogP contribution in [0.25, 0.3) is 0 Å². The number of hydrogen-bond acceptors (Lipinski definition) is 3. The van der Waals surface area contributed by atoms with Gasteiger partial charge in [0, 0.05) is 29.8 Å². The summed E-state index contributed by atoms with van der Waals surface area (Å²) in [6, 6.07) is 15.5. The van der Waals surface area contributed by atoms with Crippen molar-refractivity contribution in [3.8, 4) is 5.75 Å². The van der Waals surface area contributed by atoms with E-state index in [1.165, 1.54) is 0 Å². The van der Waals surface area contributed by atoms with Gasteiger partial charge in [-0.25, -0.2) is 4.99 Å². The second-order valence-corrected chi connectivity index (χ2v) is 7.77. The number of carbonyl (C=O) groups excluding carboxylic acids is 1. The lowest BCUT2D eigenvalue weighted by molar-refractivity contribution is 0.0919. The van der Waals surface area contributed by atoms with Gasteiger partial charge in [0.05, 0.1) is 13.7 Å². The Labute approximate surface area is 196 Å². The average molecular weight is 524 g/mol. The molecule has 164 valence electrons. The molecule has 3 N–H and O–H groups in total. The Morgan fingerprint density at radius 2 is 1.80 bits per heavy atom. The predicted molar refractivity (Wildman–Crippen MR) is 134 cm³/mol. The normalized spacial score (nSPS) is 11.3. The molecule has 0 saturated heterocycles. The third-order valence-electron chi connectivity index (χ3n) is 4.08. The van der Waals surface area contributed by atoms with Gasteiger partial charge in [-0.05, 0) is 51.5 Å². The minimum Gasteiger partial charge on any atom is -0.496 e. The van der Waals surface area contributed by atoms with E-state index in [1.54, 1.807) is 7.11 Å². The Kier molecular flexibility index (Phi) is 10.7. The van der Waals surface area contributed by atoms with E-state index in [2.05, 4.69) is 20.9 Å². The number of benzene rings is 2. The van der Waals surface area contributed by atoms with E-state index >= 15 is 0 Å². The molecule has 0 heterocycles. The molecular formula is C23H33IN4O2. The lowest BCUT2D eigenvalue weighted by Crippen LogP contribution is -2.40. The van der Waals surface area contributed by atoms with Crippen LogP contribution in [0.5, 0.6) is 5.75 Å². The molecule has 1 amide bonds. The van der Waals surface area contributed by atoms with Crippen LogP contribution in [0.2, 0.25) is 0 Å². The van der Waals surface area contributed by atoms with Gasteiger partial charge in [-0.3, -0.25) is 4.79 Å². The molecule has 2 aromatic carbocycles. The Balaban J connectivity index is 0.00000450. The fourth-order valence-electron chi connectivity index (χ4n) is 2.76. The minimum atomic E-state index is -0.272. The van der Waals surface area contributed by atoms with Gasteiger partial charge in [0.15, 0.2) is 5.96 Å². The summed E-state index contributed by atoms with van der Waals surface area (Å²) in [7, 11) is 1.67. The van der Waals surface area contributed by atoms with Crippen LogP contribution < -0.4 is 20.7 Å². The molecule has 0 saturated carbocycles. The number of hydrogen-bond donors (Lipinski definition) is 3. The van der Waals surface area contributed by atoms with Crippen molar-refractivity contribution >= 4 is 35.8 Å². The molecule has 0 aliphatic rings. The second kappa shape index (κ2) is 12.4. The molecule has 30 heavy (non-hydrogen) atoms. The summed E-state index contributed by atoms with van der Waals surface area (Å²) in [5.41, 5.74) is 2.40. The van der Waals surface area contributed by atoms with E-state index in [4.69, 9.17) is 4.74 Å². The van der Waals surface area contributed by atoms with Crippen molar-refractivity contribution in [1.29, 1.82) is 0 Å². The number of aliphatic imine (C=N–C) groups is 1. The van der Waals surface area contributed by atoms with Gasteiger partial charge in [-0.2, -0.15) is 0 Å². The second-order valence-electron chi connectivity index (χ2n) is 7.77. The van der Waals surface area contributed by atoms with Gasteiger partial charge in [-0.15, -0.1) is 24.0 Å². The summed E-state index contributed by atoms with van der Waals surface area (Å²) in [6.07, 6.45) is 0. The number of halogens is 1. The van der Waals surface area contributed by atoms with Gasteiger partial charge in [0.1, 0.15) is 5.75 Å². The number of nitrogens with zero attached hydrogens (tertiary/aromatic N) is 1. The summed E-state index contributed by atoms with van der Waals surface area (Å²) in [4.78, 5) is 17.0. The summed E-state index contributed by atoms with van der Waals surface area (Å²) in [5.74, 6) is 1.47. The number of amides is 1. The summed E-state index contributed by atoms with van der Waals surface area (Å²) < 4.78 is 5.40. The maximum Gasteiger partial charge on any atom is 0.251 e. The van der Waals surface area contributed by atoms with Gasteiger partial charge in [0.2, 0.25) is 0 Å². The highest BCUT2D eigenvalue weighted by atomic mass is 127. The molecule has 0 aromatic heterocycles. The Hall–Kier alpha value is -2.29. The molecule has 0 unspecified atom stereocenters. The van der Waals surface area contributed by atoms with Crippen molar-refractivity contribution in [1.82, 2.24) is 16.0 Å². The summed E-state index contributed by atoms with van der Waals surface area (Å²) in [6.45, 7) is 9.75. The van der Waals surface area contributed by atoms with Crippen LogP contribution >= 0.6 is 24.0 Å². The zero-order chi connectivity index (χ0) is 21.3. The average Bonchev–Trinajstić information content (AvgIpc) is 2.69. The highest BCUT2D eigenvalue weighted by Gasteiger charge is 2.15. The summed E-state index contributed by atoms with van der Waals surface area (Å²) in [5, 5.41) is 9.56. The Bertz CT molecular complexity index is 847. The topological polar surface area (TPSA) is 74.8 Å². The first kappa shape index (κ1) is 25.7. The highest BCUT2D eigenvalue weighted by Crippen LogP contribution is 2.16. The van der Waals surface area contributed by atoms with E-state index in [-0.39, 0.29) is 35.4 Å². The van der Waals surface area contributed by atoms with Gasteiger partial charge in [0.25, 0.3) is 5.91 Å². The molecule has 0 radical (unpaired) electrons.